The van der Waals surface area contributed by atoms with E-state index in [4.69, 9.17) is 4.74 Å². The molecule has 1 atom stereocenters. The summed E-state index contributed by atoms with van der Waals surface area (Å²) >= 11 is 0. The molecular weight excluding hydrogens is 282 g/mol. The van der Waals surface area contributed by atoms with Gasteiger partial charge in [0.05, 0.1) is 5.69 Å². The molecular formula is C16H21N3O3. The smallest absolute Gasteiger partial charge is 0.264 e. The van der Waals surface area contributed by atoms with E-state index < -0.39 is 6.10 Å². The topological polar surface area (TPSA) is 87.2 Å². The van der Waals surface area contributed by atoms with Crippen LogP contribution in [0.5, 0.6) is 5.75 Å². The van der Waals surface area contributed by atoms with Gasteiger partial charge in [-0.15, -0.1) is 0 Å². The number of nitrogens with zero attached hydrogens (tertiary/aromatic N) is 1. The predicted octanol–water partition coefficient (Wildman–Crippen LogP) is 1.17. The maximum atomic E-state index is 11.0. The van der Waals surface area contributed by atoms with E-state index >= 15 is 0 Å². The number of aromatic nitrogens is 2. The molecule has 3 N–H and O–H groups in total. The summed E-state index contributed by atoms with van der Waals surface area (Å²) in [6, 6.07) is 10.8. The van der Waals surface area contributed by atoms with Crippen molar-refractivity contribution in [2.75, 3.05) is 13.2 Å². The molecule has 1 heterocycles. The van der Waals surface area contributed by atoms with Crippen LogP contribution in [-0.2, 0) is 0 Å². The fourth-order valence-electron chi connectivity index (χ4n) is 1.87. The van der Waals surface area contributed by atoms with Gasteiger partial charge in [0.1, 0.15) is 18.5 Å². The van der Waals surface area contributed by atoms with Crippen LogP contribution in [-0.4, -0.2) is 40.6 Å². The van der Waals surface area contributed by atoms with E-state index in [2.05, 4.69) is 15.5 Å². The highest BCUT2D eigenvalue weighted by Gasteiger charge is 2.07. The minimum atomic E-state index is -0.572. The molecule has 6 nitrogen and oxygen atoms in total. The first-order chi connectivity index (χ1) is 10.5. The number of hydrogen-bond donors (Lipinski definition) is 3. The number of hydrogen-bond acceptors (Lipinski definition) is 5. The molecule has 118 valence electrons. The molecule has 0 bridgehead atoms. The maximum absolute atomic E-state index is 11.0. The molecule has 0 aliphatic rings. The lowest BCUT2D eigenvalue weighted by Gasteiger charge is -2.15. The summed E-state index contributed by atoms with van der Waals surface area (Å²) in [6.07, 6.45) is -0.572. The molecule has 0 aliphatic carbocycles. The predicted molar refractivity (Wildman–Crippen MR) is 84.9 cm³/mol. The first kappa shape index (κ1) is 16.2. The number of aliphatic hydroxyl groups is 1. The second-order valence-corrected chi connectivity index (χ2v) is 5.36. The van der Waals surface area contributed by atoms with Gasteiger partial charge >= 0.3 is 0 Å². The van der Waals surface area contributed by atoms with E-state index in [9.17, 15) is 9.90 Å². The van der Waals surface area contributed by atoms with Gasteiger partial charge in [-0.3, -0.25) is 4.79 Å². The van der Waals surface area contributed by atoms with Crippen LogP contribution >= 0.6 is 0 Å². The number of H-pyrrole nitrogens is 1. The Morgan fingerprint density at radius 1 is 1.32 bits per heavy atom. The average molecular weight is 303 g/mol. The van der Waals surface area contributed by atoms with Crippen molar-refractivity contribution in [3.05, 3.63) is 46.8 Å². The monoisotopic (exact) mass is 303 g/mol. The molecule has 0 fully saturated rings. The molecule has 0 aliphatic heterocycles. The van der Waals surface area contributed by atoms with Gasteiger partial charge in [0.25, 0.3) is 5.56 Å². The van der Waals surface area contributed by atoms with Gasteiger partial charge in [0.15, 0.2) is 0 Å². The van der Waals surface area contributed by atoms with Crippen molar-refractivity contribution in [2.24, 2.45) is 0 Å². The van der Waals surface area contributed by atoms with E-state index in [1.165, 1.54) is 6.07 Å². The maximum Gasteiger partial charge on any atom is 0.264 e. The Balaban J connectivity index is 1.97. The van der Waals surface area contributed by atoms with Crippen LogP contribution in [0.25, 0.3) is 11.3 Å². The first-order valence-electron chi connectivity index (χ1n) is 7.25. The average Bonchev–Trinajstić information content (AvgIpc) is 2.52. The van der Waals surface area contributed by atoms with Crippen LogP contribution in [0.4, 0.5) is 0 Å². The lowest BCUT2D eigenvalue weighted by molar-refractivity contribution is 0.104. The molecule has 1 unspecified atom stereocenters. The van der Waals surface area contributed by atoms with Crippen molar-refractivity contribution < 1.29 is 9.84 Å². The van der Waals surface area contributed by atoms with Crippen LogP contribution in [0.2, 0.25) is 0 Å². The zero-order valence-corrected chi connectivity index (χ0v) is 12.7. The van der Waals surface area contributed by atoms with Gasteiger partial charge in [-0.1, -0.05) is 26.0 Å². The van der Waals surface area contributed by atoms with E-state index in [0.29, 0.717) is 24.0 Å². The van der Waals surface area contributed by atoms with Gasteiger partial charge in [-0.05, 0) is 18.2 Å². The molecule has 6 heteroatoms. The third-order valence-corrected chi connectivity index (χ3v) is 3.01. The van der Waals surface area contributed by atoms with Crippen LogP contribution < -0.4 is 15.6 Å². The normalized spacial score (nSPS) is 12.4. The summed E-state index contributed by atoms with van der Waals surface area (Å²) in [6.45, 7) is 4.74. The lowest BCUT2D eigenvalue weighted by Crippen LogP contribution is -2.35. The zero-order valence-electron chi connectivity index (χ0n) is 12.7. The van der Waals surface area contributed by atoms with Crippen molar-refractivity contribution in [1.29, 1.82) is 0 Å². The molecule has 2 aromatic rings. The molecule has 2 rings (SSSR count). The lowest BCUT2D eigenvalue weighted by atomic mass is 10.1. The third-order valence-electron chi connectivity index (χ3n) is 3.01. The number of nitrogens with one attached hydrogen (secondary N) is 2. The first-order valence-corrected chi connectivity index (χ1v) is 7.25. The number of aliphatic hydroxyl groups excluding tert-OH is 1. The summed E-state index contributed by atoms with van der Waals surface area (Å²) < 4.78 is 5.60. The van der Waals surface area contributed by atoms with Crippen LogP contribution in [0.15, 0.2) is 41.2 Å². The van der Waals surface area contributed by atoms with Crippen LogP contribution in [0.1, 0.15) is 13.8 Å². The largest absolute Gasteiger partial charge is 0.491 e. The highest BCUT2D eigenvalue weighted by Crippen LogP contribution is 2.21. The van der Waals surface area contributed by atoms with Gasteiger partial charge < -0.3 is 15.2 Å². The quantitative estimate of drug-likeness (QED) is 0.715. The van der Waals surface area contributed by atoms with E-state index in [-0.39, 0.29) is 12.2 Å². The zero-order chi connectivity index (χ0) is 15.9. The fraction of sp³-hybridized carbons (Fsp3) is 0.375. The summed E-state index contributed by atoms with van der Waals surface area (Å²) in [5.74, 6) is 0.647. The second kappa shape index (κ2) is 7.72. The highest BCUT2D eigenvalue weighted by molar-refractivity contribution is 5.60. The molecule has 1 aromatic heterocycles. The van der Waals surface area contributed by atoms with Crippen molar-refractivity contribution in [3.8, 4) is 17.0 Å². The Morgan fingerprint density at radius 3 is 2.82 bits per heavy atom. The molecule has 0 saturated heterocycles. The molecule has 1 aromatic carbocycles. The molecule has 22 heavy (non-hydrogen) atoms. The molecule has 0 radical (unpaired) electrons. The minimum absolute atomic E-state index is 0.211. The fourth-order valence-corrected chi connectivity index (χ4v) is 1.87. The van der Waals surface area contributed by atoms with E-state index in [1.807, 2.05) is 38.1 Å². The van der Waals surface area contributed by atoms with Gasteiger partial charge in [0, 0.05) is 24.2 Å². The standard InChI is InChI=1S/C16H21N3O3/c1-11(2)17-9-13(20)10-22-14-5-3-4-12(8-14)15-6-7-16(21)19-18-15/h3-8,11,13,17,20H,9-10H2,1-2H3,(H,19,21). The van der Waals surface area contributed by atoms with Crippen molar-refractivity contribution in [1.82, 2.24) is 15.5 Å². The minimum Gasteiger partial charge on any atom is -0.491 e. The number of aromatic amines is 1. The highest BCUT2D eigenvalue weighted by atomic mass is 16.5. The van der Waals surface area contributed by atoms with Crippen molar-refractivity contribution in [3.63, 3.8) is 0 Å². The van der Waals surface area contributed by atoms with Crippen LogP contribution in [0.3, 0.4) is 0 Å². The SMILES string of the molecule is CC(C)NCC(O)COc1cccc(-c2ccc(=O)[nH]n2)c1. The molecule has 0 saturated carbocycles. The van der Waals surface area contributed by atoms with Crippen molar-refractivity contribution in [2.45, 2.75) is 26.0 Å². The second-order valence-electron chi connectivity index (χ2n) is 5.36. The van der Waals surface area contributed by atoms with Gasteiger partial charge in [-0.2, -0.15) is 5.10 Å². The summed E-state index contributed by atoms with van der Waals surface area (Å²) in [7, 11) is 0. The Bertz CT molecular complexity index is 635. The third kappa shape index (κ3) is 4.98. The van der Waals surface area contributed by atoms with E-state index in [1.54, 1.807) is 6.07 Å². The van der Waals surface area contributed by atoms with Crippen molar-refractivity contribution >= 4 is 0 Å². The number of rotatable bonds is 7. The summed E-state index contributed by atoms with van der Waals surface area (Å²) in [4.78, 5) is 11.0. The van der Waals surface area contributed by atoms with Crippen LogP contribution in [0, 0.1) is 0 Å². The number of benzene rings is 1. The van der Waals surface area contributed by atoms with Gasteiger partial charge in [0.2, 0.25) is 0 Å². The Hall–Kier alpha value is -2.18. The summed E-state index contributed by atoms with van der Waals surface area (Å²) in [5, 5.41) is 19.4. The molecule has 0 amide bonds. The Labute approximate surface area is 129 Å². The summed E-state index contributed by atoms with van der Waals surface area (Å²) in [5.41, 5.74) is 1.26. The molecule has 0 spiro atoms. The Kier molecular flexibility index (Phi) is 5.68. The van der Waals surface area contributed by atoms with Gasteiger partial charge in [-0.25, -0.2) is 5.10 Å². The van der Waals surface area contributed by atoms with E-state index in [0.717, 1.165) is 5.56 Å². The number of ether oxygens (including phenoxy) is 1. The Morgan fingerprint density at radius 2 is 2.14 bits per heavy atom.